The van der Waals surface area contributed by atoms with Crippen molar-refractivity contribution in [2.75, 3.05) is 0 Å². The maximum absolute atomic E-state index is 4.83. The Balaban J connectivity index is 0.00000218. The minimum Gasteiger partial charge on any atom is -0.315 e. The molecular weight excluding hydrogens is 547 g/mol. The molecule has 0 atom stereocenters. The molecule has 0 aliphatic heterocycles. The summed E-state index contributed by atoms with van der Waals surface area (Å²) in [5.74, 6) is 0. The molecule has 0 saturated heterocycles. The zero-order chi connectivity index (χ0) is 20.3. The van der Waals surface area contributed by atoms with Gasteiger partial charge < -0.3 is 4.57 Å². The van der Waals surface area contributed by atoms with Crippen molar-refractivity contribution in [3.63, 3.8) is 0 Å². The van der Waals surface area contributed by atoms with E-state index >= 15 is 0 Å². The van der Waals surface area contributed by atoms with E-state index in [1.807, 2.05) is 12.4 Å². The van der Waals surface area contributed by atoms with Crippen LogP contribution in [-0.2, 0) is 25.5 Å². The summed E-state index contributed by atoms with van der Waals surface area (Å²) in [5.41, 5.74) is 7.12. The van der Waals surface area contributed by atoms with Crippen molar-refractivity contribution in [2.24, 2.45) is 0 Å². The molecule has 30 heavy (non-hydrogen) atoms. The molecule has 0 aliphatic rings. The van der Waals surface area contributed by atoms with E-state index in [2.05, 4.69) is 87.8 Å². The van der Waals surface area contributed by atoms with Gasteiger partial charge in [-0.2, -0.15) is 0 Å². The second kappa shape index (κ2) is 7.30. The molecule has 0 spiro atoms. The van der Waals surface area contributed by atoms with Gasteiger partial charge >= 0.3 is 0 Å². The Morgan fingerprint density at radius 2 is 1.53 bits per heavy atom. The third-order valence-corrected chi connectivity index (χ3v) is 5.83. The van der Waals surface area contributed by atoms with Gasteiger partial charge in [0.25, 0.3) is 0 Å². The molecule has 3 aromatic heterocycles. The van der Waals surface area contributed by atoms with Gasteiger partial charge in [-0.15, -0.1) is 0 Å². The number of aryl methyl sites for hydroxylation is 2. The smallest absolute Gasteiger partial charge is 0.0817 e. The van der Waals surface area contributed by atoms with Crippen molar-refractivity contribution in [2.45, 2.75) is 40.0 Å². The average Bonchev–Trinajstić information content (AvgIpc) is 3.10. The first-order valence-corrected chi connectivity index (χ1v) is 10.1. The van der Waals surface area contributed by atoms with Gasteiger partial charge in [-0.25, -0.2) is 0 Å². The maximum Gasteiger partial charge on any atom is 0.0817 e. The van der Waals surface area contributed by atoms with E-state index in [1.54, 1.807) is 0 Å². The van der Waals surface area contributed by atoms with Crippen LogP contribution < -0.4 is 0 Å². The number of rotatable bonds is 1. The maximum atomic E-state index is 4.83. The van der Waals surface area contributed by atoms with Crippen LogP contribution in [0.3, 0.4) is 0 Å². The van der Waals surface area contributed by atoms with E-state index in [-0.39, 0.29) is 25.5 Å². The van der Waals surface area contributed by atoms with Gasteiger partial charge in [0.1, 0.15) is 0 Å². The quantitative estimate of drug-likeness (QED) is 0.211. The number of pyridine rings is 2. The van der Waals surface area contributed by atoms with Gasteiger partial charge in [0.2, 0.25) is 0 Å². The van der Waals surface area contributed by atoms with Gasteiger partial charge in [-0.05, 0) is 42.5 Å². The van der Waals surface area contributed by atoms with Crippen LogP contribution in [-0.4, -0.2) is 14.5 Å². The van der Waals surface area contributed by atoms with Crippen molar-refractivity contribution in [3.05, 3.63) is 77.9 Å². The van der Waals surface area contributed by atoms with Gasteiger partial charge in [0.15, 0.2) is 0 Å². The predicted molar refractivity (Wildman–Crippen MR) is 122 cm³/mol. The number of hydrogen-bond acceptors (Lipinski definition) is 2. The number of benzene rings is 2. The molecular formula is C26H25IrN3. The van der Waals surface area contributed by atoms with Crippen LogP contribution in [0.25, 0.3) is 38.3 Å². The summed E-state index contributed by atoms with van der Waals surface area (Å²) in [5, 5.41) is 4.60. The Bertz CT molecular complexity index is 1390. The Morgan fingerprint density at radius 1 is 0.800 bits per heavy atom. The standard InChI is InChI=1S/C26H25N3.Ir/c1-16-7-6-8-17(2)24(16)29-12-11-19-14-28-23-20(25(19)29)10-9-18-13-22(26(3,4)5)27-15-21(18)23;/h6-15H,1-5H3;. The van der Waals surface area contributed by atoms with E-state index in [4.69, 9.17) is 9.97 Å². The van der Waals surface area contributed by atoms with E-state index in [1.165, 1.54) is 27.7 Å². The number of fused-ring (bicyclic) bond motifs is 5. The molecule has 3 nitrogen and oxygen atoms in total. The predicted octanol–water partition coefficient (Wildman–Crippen LogP) is 6.64. The molecule has 1 radical (unpaired) electrons. The molecule has 153 valence electrons. The second-order valence-electron chi connectivity index (χ2n) is 8.99. The van der Waals surface area contributed by atoms with E-state index < -0.39 is 0 Å². The van der Waals surface area contributed by atoms with Crippen LogP contribution in [0.2, 0.25) is 0 Å². The molecule has 3 heterocycles. The summed E-state index contributed by atoms with van der Waals surface area (Å²) in [6.07, 6.45) is 6.13. The molecule has 5 aromatic rings. The van der Waals surface area contributed by atoms with Crippen molar-refractivity contribution in [1.82, 2.24) is 14.5 Å². The van der Waals surface area contributed by atoms with Crippen molar-refractivity contribution in [1.29, 1.82) is 0 Å². The van der Waals surface area contributed by atoms with Gasteiger partial charge in [-0.3, -0.25) is 9.97 Å². The molecule has 0 saturated carbocycles. The molecule has 2 aromatic carbocycles. The molecule has 0 aliphatic carbocycles. The summed E-state index contributed by atoms with van der Waals surface area (Å²) < 4.78 is 2.31. The first kappa shape index (κ1) is 20.7. The van der Waals surface area contributed by atoms with E-state index in [0.717, 1.165) is 27.4 Å². The fourth-order valence-electron chi connectivity index (χ4n) is 4.29. The Labute approximate surface area is 190 Å². The molecule has 0 amide bonds. The van der Waals surface area contributed by atoms with Crippen LogP contribution in [0.15, 0.2) is 61.1 Å². The summed E-state index contributed by atoms with van der Waals surface area (Å²) >= 11 is 0. The third kappa shape index (κ3) is 3.15. The van der Waals surface area contributed by atoms with Crippen molar-refractivity contribution < 1.29 is 20.1 Å². The number of aromatic nitrogens is 3. The summed E-state index contributed by atoms with van der Waals surface area (Å²) in [4.78, 5) is 9.59. The minimum absolute atomic E-state index is 0. The fraction of sp³-hybridized carbons (Fsp3) is 0.231. The van der Waals surface area contributed by atoms with Crippen molar-refractivity contribution in [3.8, 4) is 5.69 Å². The monoisotopic (exact) mass is 572 g/mol. The van der Waals surface area contributed by atoms with Crippen LogP contribution in [0.1, 0.15) is 37.6 Å². The SMILES string of the molecule is Cc1cccc(C)c1-n1ccc2cnc3c4cnc(C(C)(C)C)cc4ccc3c21.[Ir]. The Hall–Kier alpha value is -2.55. The largest absolute Gasteiger partial charge is 0.315 e. The molecule has 4 heteroatoms. The summed E-state index contributed by atoms with van der Waals surface area (Å²) in [6, 6.07) is 15.2. The first-order valence-electron chi connectivity index (χ1n) is 10.1. The number of nitrogens with zero attached hydrogens (tertiary/aromatic N) is 3. The van der Waals surface area contributed by atoms with Crippen LogP contribution in [0.5, 0.6) is 0 Å². The second-order valence-corrected chi connectivity index (χ2v) is 8.99. The van der Waals surface area contributed by atoms with E-state index in [9.17, 15) is 0 Å². The molecule has 0 N–H and O–H groups in total. The van der Waals surface area contributed by atoms with Gasteiger partial charge in [0, 0.05) is 66.0 Å². The Kier molecular flexibility index (Phi) is 5.04. The third-order valence-electron chi connectivity index (χ3n) is 5.83. The summed E-state index contributed by atoms with van der Waals surface area (Å²) in [6.45, 7) is 10.9. The van der Waals surface area contributed by atoms with Gasteiger partial charge in [-0.1, -0.05) is 51.1 Å². The average molecular weight is 572 g/mol. The number of para-hydroxylation sites is 1. The van der Waals surface area contributed by atoms with Gasteiger partial charge in [0.05, 0.1) is 16.7 Å². The fourth-order valence-corrected chi connectivity index (χ4v) is 4.29. The Morgan fingerprint density at radius 3 is 2.23 bits per heavy atom. The zero-order valence-electron chi connectivity index (χ0n) is 17.9. The van der Waals surface area contributed by atoms with Crippen LogP contribution in [0, 0.1) is 13.8 Å². The summed E-state index contributed by atoms with van der Waals surface area (Å²) in [7, 11) is 0. The van der Waals surface area contributed by atoms with E-state index in [0.29, 0.717) is 0 Å². The first-order chi connectivity index (χ1) is 13.8. The molecule has 5 rings (SSSR count). The normalized spacial score (nSPS) is 11.9. The van der Waals surface area contributed by atoms with Crippen LogP contribution >= 0.6 is 0 Å². The molecule has 0 unspecified atom stereocenters. The number of hydrogen-bond donors (Lipinski definition) is 0. The van der Waals surface area contributed by atoms with Crippen LogP contribution in [0.4, 0.5) is 0 Å². The zero-order valence-corrected chi connectivity index (χ0v) is 20.3. The topological polar surface area (TPSA) is 30.7 Å². The van der Waals surface area contributed by atoms with Crippen molar-refractivity contribution >= 4 is 32.6 Å². The minimum atomic E-state index is 0. The molecule has 0 fully saturated rings. The molecule has 0 bridgehead atoms.